The topological polar surface area (TPSA) is 57.0 Å². The highest BCUT2D eigenvalue weighted by molar-refractivity contribution is 6.31. The third kappa shape index (κ3) is 2.17. The highest BCUT2D eigenvalue weighted by Gasteiger charge is 2.20. The van der Waals surface area contributed by atoms with Crippen molar-refractivity contribution in [2.75, 3.05) is 5.73 Å². The van der Waals surface area contributed by atoms with Crippen molar-refractivity contribution in [2.24, 2.45) is 7.05 Å². The Hall–Kier alpha value is -1.91. The highest BCUT2D eigenvalue weighted by atomic mass is 35.5. The molecule has 3 rings (SSSR count). The smallest absolute Gasteiger partial charge is 0.194 e. The minimum atomic E-state index is 0.307. The zero-order valence-electron chi connectivity index (χ0n) is 10.6. The Labute approximate surface area is 125 Å². The number of rotatable bonds is 2. The number of anilines is 1. The number of furan rings is 1. The van der Waals surface area contributed by atoms with E-state index in [1.54, 1.807) is 29.9 Å². The first-order valence-electron chi connectivity index (χ1n) is 5.90. The van der Waals surface area contributed by atoms with Crippen LogP contribution in [0.5, 0.6) is 0 Å². The van der Waals surface area contributed by atoms with Crippen molar-refractivity contribution in [1.82, 2.24) is 9.78 Å². The lowest BCUT2D eigenvalue weighted by atomic mass is 10.0. The molecule has 0 spiro atoms. The average molecular weight is 308 g/mol. The molecule has 2 heterocycles. The standard InChI is InChI=1S/C14H11Cl2N3O/c1-19-14(17)12(8-3-2-4-9(15)7-8)13(18-19)10-5-6-11(16)20-10/h2-7H,17H2,1H3. The molecule has 20 heavy (non-hydrogen) atoms. The lowest BCUT2D eigenvalue weighted by Crippen LogP contribution is -1.97. The van der Waals surface area contributed by atoms with Gasteiger partial charge in [0.2, 0.25) is 0 Å². The Morgan fingerprint density at radius 2 is 2.00 bits per heavy atom. The number of aryl methyl sites for hydroxylation is 1. The second-order valence-electron chi connectivity index (χ2n) is 4.35. The molecule has 0 unspecified atom stereocenters. The first kappa shape index (κ1) is 13.1. The van der Waals surface area contributed by atoms with E-state index in [9.17, 15) is 0 Å². The molecular weight excluding hydrogens is 297 g/mol. The molecule has 1 aromatic carbocycles. The number of aromatic nitrogens is 2. The molecular formula is C14H11Cl2N3O. The zero-order valence-corrected chi connectivity index (χ0v) is 12.1. The number of nitrogens with two attached hydrogens (primary N) is 1. The molecule has 0 amide bonds. The number of benzene rings is 1. The SMILES string of the molecule is Cn1nc(-c2ccc(Cl)o2)c(-c2cccc(Cl)c2)c1N. The van der Waals surface area contributed by atoms with Gasteiger partial charge in [0.15, 0.2) is 11.0 Å². The Bertz CT molecular complexity index is 777. The van der Waals surface area contributed by atoms with Crippen LogP contribution in [0, 0.1) is 0 Å². The fourth-order valence-electron chi connectivity index (χ4n) is 2.08. The Balaban J connectivity index is 2.24. The summed E-state index contributed by atoms with van der Waals surface area (Å²) < 4.78 is 7.03. The van der Waals surface area contributed by atoms with E-state index < -0.39 is 0 Å². The van der Waals surface area contributed by atoms with Crippen molar-refractivity contribution in [3.8, 4) is 22.6 Å². The summed E-state index contributed by atoms with van der Waals surface area (Å²) in [6, 6.07) is 10.9. The van der Waals surface area contributed by atoms with Gasteiger partial charge in [0.25, 0.3) is 0 Å². The van der Waals surface area contributed by atoms with Crippen molar-refractivity contribution in [3.05, 3.63) is 46.6 Å². The van der Waals surface area contributed by atoms with Gasteiger partial charge in [-0.25, -0.2) is 0 Å². The third-order valence-corrected chi connectivity index (χ3v) is 3.45. The van der Waals surface area contributed by atoms with Crippen LogP contribution in [0.1, 0.15) is 0 Å². The van der Waals surface area contributed by atoms with Crippen LogP contribution in [0.2, 0.25) is 10.2 Å². The summed E-state index contributed by atoms with van der Waals surface area (Å²) in [4.78, 5) is 0. The predicted octanol–water partition coefficient (Wildman–Crippen LogP) is 4.24. The van der Waals surface area contributed by atoms with Crippen LogP contribution in [0.15, 0.2) is 40.8 Å². The summed E-state index contributed by atoms with van der Waals surface area (Å²) >= 11 is 11.9. The molecule has 0 atom stereocenters. The molecule has 0 saturated carbocycles. The first-order chi connectivity index (χ1) is 9.56. The molecule has 0 bridgehead atoms. The summed E-state index contributed by atoms with van der Waals surface area (Å²) in [6.07, 6.45) is 0. The van der Waals surface area contributed by atoms with E-state index in [0.717, 1.165) is 11.1 Å². The molecule has 2 aromatic heterocycles. The van der Waals surface area contributed by atoms with Gasteiger partial charge >= 0.3 is 0 Å². The number of nitrogens with zero attached hydrogens (tertiary/aromatic N) is 2. The number of hydrogen-bond acceptors (Lipinski definition) is 3. The monoisotopic (exact) mass is 307 g/mol. The van der Waals surface area contributed by atoms with Crippen molar-refractivity contribution in [3.63, 3.8) is 0 Å². The maximum absolute atomic E-state index is 6.11. The highest BCUT2D eigenvalue weighted by Crippen LogP contribution is 2.37. The van der Waals surface area contributed by atoms with Crippen LogP contribution in [-0.4, -0.2) is 9.78 Å². The average Bonchev–Trinajstić information content (AvgIpc) is 2.95. The molecule has 0 aliphatic carbocycles. The van der Waals surface area contributed by atoms with Crippen LogP contribution >= 0.6 is 23.2 Å². The van der Waals surface area contributed by atoms with Crippen LogP contribution in [-0.2, 0) is 7.05 Å². The van der Waals surface area contributed by atoms with Crippen molar-refractivity contribution >= 4 is 29.0 Å². The van der Waals surface area contributed by atoms with Gasteiger partial charge in [-0.3, -0.25) is 4.68 Å². The Kier molecular flexibility index (Phi) is 3.20. The van der Waals surface area contributed by atoms with E-state index in [-0.39, 0.29) is 0 Å². The lowest BCUT2D eigenvalue weighted by molar-refractivity contribution is 0.580. The molecule has 0 saturated heterocycles. The van der Waals surface area contributed by atoms with Gasteiger partial charge in [0, 0.05) is 12.1 Å². The van der Waals surface area contributed by atoms with Gasteiger partial charge in [-0.05, 0) is 41.4 Å². The normalized spacial score (nSPS) is 10.9. The van der Waals surface area contributed by atoms with E-state index in [4.69, 9.17) is 33.4 Å². The minimum absolute atomic E-state index is 0.307. The van der Waals surface area contributed by atoms with E-state index in [1.165, 1.54) is 0 Å². The quantitative estimate of drug-likeness (QED) is 0.770. The van der Waals surface area contributed by atoms with Crippen LogP contribution < -0.4 is 5.73 Å². The largest absolute Gasteiger partial charge is 0.443 e. The fraction of sp³-hybridized carbons (Fsp3) is 0.0714. The number of nitrogen functional groups attached to an aromatic ring is 1. The predicted molar refractivity (Wildman–Crippen MR) is 80.8 cm³/mol. The van der Waals surface area contributed by atoms with E-state index in [1.807, 2.05) is 18.2 Å². The summed E-state index contributed by atoms with van der Waals surface area (Å²) in [7, 11) is 1.78. The summed E-state index contributed by atoms with van der Waals surface area (Å²) in [5, 5.41) is 5.34. The van der Waals surface area contributed by atoms with E-state index in [0.29, 0.717) is 27.5 Å². The second-order valence-corrected chi connectivity index (χ2v) is 5.16. The maximum Gasteiger partial charge on any atom is 0.194 e. The second kappa shape index (κ2) is 4.89. The third-order valence-electron chi connectivity index (χ3n) is 3.01. The molecule has 4 nitrogen and oxygen atoms in total. The van der Waals surface area contributed by atoms with E-state index in [2.05, 4.69) is 5.10 Å². The first-order valence-corrected chi connectivity index (χ1v) is 6.66. The van der Waals surface area contributed by atoms with Gasteiger partial charge in [-0.2, -0.15) is 5.10 Å². The van der Waals surface area contributed by atoms with Gasteiger partial charge in [0.05, 0.1) is 5.56 Å². The van der Waals surface area contributed by atoms with Gasteiger partial charge in [0.1, 0.15) is 11.5 Å². The zero-order chi connectivity index (χ0) is 14.3. The van der Waals surface area contributed by atoms with Crippen molar-refractivity contribution in [1.29, 1.82) is 0 Å². The molecule has 2 N–H and O–H groups in total. The van der Waals surface area contributed by atoms with E-state index >= 15 is 0 Å². The van der Waals surface area contributed by atoms with Crippen LogP contribution in [0.25, 0.3) is 22.6 Å². The minimum Gasteiger partial charge on any atom is -0.443 e. The number of halogens is 2. The van der Waals surface area contributed by atoms with Crippen LogP contribution in [0.4, 0.5) is 5.82 Å². The van der Waals surface area contributed by atoms with Gasteiger partial charge in [-0.15, -0.1) is 0 Å². The Morgan fingerprint density at radius 1 is 1.20 bits per heavy atom. The lowest BCUT2D eigenvalue weighted by Gasteiger charge is -2.03. The molecule has 102 valence electrons. The number of hydrogen-bond donors (Lipinski definition) is 1. The van der Waals surface area contributed by atoms with Crippen LogP contribution in [0.3, 0.4) is 0 Å². The summed E-state index contributed by atoms with van der Waals surface area (Å²) in [5.41, 5.74) is 8.41. The molecule has 0 radical (unpaired) electrons. The van der Waals surface area contributed by atoms with Crippen molar-refractivity contribution < 1.29 is 4.42 Å². The molecule has 0 fully saturated rings. The molecule has 6 heteroatoms. The molecule has 3 aromatic rings. The van der Waals surface area contributed by atoms with Gasteiger partial charge < -0.3 is 10.2 Å². The van der Waals surface area contributed by atoms with Crippen molar-refractivity contribution in [2.45, 2.75) is 0 Å². The fourth-order valence-corrected chi connectivity index (χ4v) is 2.42. The summed E-state index contributed by atoms with van der Waals surface area (Å²) in [6.45, 7) is 0. The Morgan fingerprint density at radius 3 is 2.65 bits per heavy atom. The summed E-state index contributed by atoms with van der Waals surface area (Å²) in [5.74, 6) is 1.10. The molecule has 0 aliphatic rings. The van der Waals surface area contributed by atoms with Gasteiger partial charge in [-0.1, -0.05) is 23.7 Å². The maximum atomic E-state index is 6.11. The molecule has 0 aliphatic heterocycles.